The number of benzene rings is 2. The van der Waals surface area contributed by atoms with Crippen LogP contribution in [-0.4, -0.2) is 57.6 Å². The van der Waals surface area contributed by atoms with Gasteiger partial charge >= 0.3 is 0 Å². The molecule has 4 rings (SSSR count). The smallest absolute Gasteiger partial charge is 0.257 e. The summed E-state index contributed by atoms with van der Waals surface area (Å²) in [7, 11) is 0. The number of aryl methyl sites for hydroxylation is 1. The number of piperazine rings is 1. The topological polar surface area (TPSA) is 58.4 Å². The maximum Gasteiger partial charge on any atom is 0.257 e. The van der Waals surface area contributed by atoms with E-state index in [1.54, 1.807) is 0 Å². The number of carbonyl (C=O) groups is 2. The number of aromatic nitrogens is 2. The van der Waals surface area contributed by atoms with Gasteiger partial charge in [-0.1, -0.05) is 67.1 Å². The van der Waals surface area contributed by atoms with Gasteiger partial charge in [0.25, 0.3) is 5.91 Å². The number of nitrogens with zero attached hydrogens (tertiary/aromatic N) is 4. The van der Waals surface area contributed by atoms with Gasteiger partial charge in [0, 0.05) is 44.4 Å². The molecule has 2 heterocycles. The molecule has 1 aliphatic rings. The largest absolute Gasteiger partial charge is 0.339 e. The van der Waals surface area contributed by atoms with Crippen molar-refractivity contribution in [3.05, 3.63) is 77.5 Å². The molecule has 0 saturated carbocycles. The second-order valence-corrected chi connectivity index (χ2v) is 7.97. The van der Waals surface area contributed by atoms with E-state index in [-0.39, 0.29) is 11.8 Å². The molecule has 2 aromatic carbocycles. The molecular formula is C25H28N4O2. The number of carbonyl (C=O) groups excluding carboxylic acids is 2. The van der Waals surface area contributed by atoms with Crippen LogP contribution in [0.4, 0.5) is 0 Å². The summed E-state index contributed by atoms with van der Waals surface area (Å²) in [4.78, 5) is 29.1. The van der Waals surface area contributed by atoms with Crippen molar-refractivity contribution >= 4 is 11.8 Å². The van der Waals surface area contributed by atoms with E-state index in [2.05, 4.69) is 12.1 Å². The zero-order valence-electron chi connectivity index (χ0n) is 18.1. The van der Waals surface area contributed by atoms with Crippen molar-refractivity contribution in [1.82, 2.24) is 19.6 Å². The highest BCUT2D eigenvalue weighted by atomic mass is 16.2. The minimum atomic E-state index is -0.0292. The molecule has 1 fully saturated rings. The molecule has 2 amide bonds. The van der Waals surface area contributed by atoms with Crippen molar-refractivity contribution < 1.29 is 9.59 Å². The monoisotopic (exact) mass is 416 g/mol. The summed E-state index contributed by atoms with van der Waals surface area (Å²) in [6.07, 6.45) is 2.35. The SMILES string of the molecule is CCC(=O)N1CCN(C(=O)c2cn(Cc3ccccc3)nc2-c2ccc(C)cc2)CC1. The van der Waals surface area contributed by atoms with Crippen molar-refractivity contribution in [1.29, 1.82) is 0 Å². The van der Waals surface area contributed by atoms with Crippen molar-refractivity contribution in [3.63, 3.8) is 0 Å². The molecule has 31 heavy (non-hydrogen) atoms. The zero-order chi connectivity index (χ0) is 21.8. The molecule has 1 aromatic heterocycles. The second kappa shape index (κ2) is 9.16. The van der Waals surface area contributed by atoms with E-state index in [1.807, 2.05) is 77.0 Å². The van der Waals surface area contributed by atoms with E-state index < -0.39 is 0 Å². The molecule has 0 atom stereocenters. The van der Waals surface area contributed by atoms with Crippen LogP contribution in [0.15, 0.2) is 60.8 Å². The summed E-state index contributed by atoms with van der Waals surface area (Å²) in [5.41, 5.74) is 4.53. The molecule has 0 radical (unpaired) electrons. The van der Waals surface area contributed by atoms with Crippen LogP contribution in [0, 0.1) is 6.92 Å². The fourth-order valence-electron chi connectivity index (χ4n) is 3.91. The van der Waals surface area contributed by atoms with E-state index >= 15 is 0 Å². The Bertz CT molecular complexity index is 1050. The van der Waals surface area contributed by atoms with Gasteiger partial charge in [0.05, 0.1) is 12.1 Å². The fraction of sp³-hybridized carbons (Fsp3) is 0.320. The van der Waals surface area contributed by atoms with Gasteiger partial charge in [-0.25, -0.2) is 0 Å². The predicted molar refractivity (Wildman–Crippen MR) is 121 cm³/mol. The summed E-state index contributed by atoms with van der Waals surface area (Å²) < 4.78 is 1.84. The molecule has 0 aliphatic carbocycles. The third-order valence-corrected chi connectivity index (χ3v) is 5.73. The Kier molecular flexibility index (Phi) is 6.16. The first-order valence-corrected chi connectivity index (χ1v) is 10.8. The molecule has 1 aliphatic heterocycles. The van der Waals surface area contributed by atoms with Gasteiger partial charge in [-0.2, -0.15) is 5.10 Å². The average Bonchev–Trinajstić information content (AvgIpc) is 3.23. The summed E-state index contributed by atoms with van der Waals surface area (Å²) >= 11 is 0. The molecule has 3 aromatic rings. The maximum absolute atomic E-state index is 13.4. The summed E-state index contributed by atoms with van der Waals surface area (Å²) in [6.45, 7) is 6.76. The molecule has 1 saturated heterocycles. The first-order chi connectivity index (χ1) is 15.0. The molecular weight excluding hydrogens is 388 g/mol. The summed E-state index contributed by atoms with van der Waals surface area (Å²) in [6, 6.07) is 18.2. The molecule has 0 spiro atoms. The van der Waals surface area contributed by atoms with Crippen LogP contribution in [0.25, 0.3) is 11.3 Å². The number of amides is 2. The average molecular weight is 417 g/mol. The highest BCUT2D eigenvalue weighted by Crippen LogP contribution is 2.25. The molecule has 160 valence electrons. The van der Waals surface area contributed by atoms with Gasteiger partial charge in [0.15, 0.2) is 0 Å². The van der Waals surface area contributed by atoms with Crippen LogP contribution in [0.5, 0.6) is 0 Å². The van der Waals surface area contributed by atoms with Crippen molar-refractivity contribution in [2.75, 3.05) is 26.2 Å². The third-order valence-electron chi connectivity index (χ3n) is 5.73. The Hall–Kier alpha value is -3.41. The van der Waals surface area contributed by atoms with Crippen LogP contribution >= 0.6 is 0 Å². The minimum Gasteiger partial charge on any atom is -0.339 e. The highest BCUT2D eigenvalue weighted by Gasteiger charge is 2.27. The van der Waals surface area contributed by atoms with Gasteiger partial charge in [0.1, 0.15) is 5.69 Å². The molecule has 0 unspecified atom stereocenters. The maximum atomic E-state index is 13.4. The lowest BCUT2D eigenvalue weighted by molar-refractivity contribution is -0.132. The van der Waals surface area contributed by atoms with Crippen LogP contribution in [0.2, 0.25) is 0 Å². The molecule has 0 bridgehead atoms. The highest BCUT2D eigenvalue weighted by molar-refractivity contribution is 6.00. The van der Waals surface area contributed by atoms with E-state index in [9.17, 15) is 9.59 Å². The lowest BCUT2D eigenvalue weighted by Gasteiger charge is -2.34. The molecule has 6 heteroatoms. The normalized spacial score (nSPS) is 14.0. The van der Waals surface area contributed by atoms with Crippen molar-refractivity contribution in [2.45, 2.75) is 26.8 Å². The van der Waals surface area contributed by atoms with Crippen LogP contribution < -0.4 is 0 Å². The quantitative estimate of drug-likeness (QED) is 0.639. The minimum absolute atomic E-state index is 0.0292. The van der Waals surface area contributed by atoms with Crippen molar-refractivity contribution in [3.8, 4) is 11.3 Å². The van der Waals surface area contributed by atoms with E-state index in [1.165, 1.54) is 0 Å². The van der Waals surface area contributed by atoms with Gasteiger partial charge in [0.2, 0.25) is 5.91 Å². The fourth-order valence-corrected chi connectivity index (χ4v) is 3.91. The summed E-state index contributed by atoms with van der Waals surface area (Å²) in [5.74, 6) is 0.113. The van der Waals surface area contributed by atoms with E-state index in [0.29, 0.717) is 50.4 Å². The second-order valence-electron chi connectivity index (χ2n) is 7.97. The van der Waals surface area contributed by atoms with Crippen LogP contribution in [0.3, 0.4) is 0 Å². The van der Waals surface area contributed by atoms with Crippen LogP contribution in [0.1, 0.15) is 34.8 Å². The predicted octanol–water partition coefficient (Wildman–Crippen LogP) is 3.60. The number of hydrogen-bond acceptors (Lipinski definition) is 3. The Balaban J connectivity index is 1.61. The van der Waals surface area contributed by atoms with E-state index in [4.69, 9.17) is 5.10 Å². The lowest BCUT2D eigenvalue weighted by atomic mass is 10.1. The molecule has 0 N–H and O–H groups in total. The third kappa shape index (κ3) is 4.68. The van der Waals surface area contributed by atoms with Gasteiger partial charge in [-0.15, -0.1) is 0 Å². The van der Waals surface area contributed by atoms with Gasteiger partial charge < -0.3 is 9.80 Å². The number of hydrogen-bond donors (Lipinski definition) is 0. The Morgan fingerprint density at radius 2 is 1.55 bits per heavy atom. The lowest BCUT2D eigenvalue weighted by Crippen LogP contribution is -2.50. The standard InChI is InChI=1S/C25H28N4O2/c1-3-23(30)27-13-15-28(16-14-27)25(31)22-18-29(17-20-7-5-4-6-8-20)26-24(22)21-11-9-19(2)10-12-21/h4-12,18H,3,13-17H2,1-2H3. The Morgan fingerprint density at radius 3 is 2.19 bits per heavy atom. The first-order valence-electron chi connectivity index (χ1n) is 10.8. The summed E-state index contributed by atoms with van der Waals surface area (Å²) in [5, 5.41) is 4.78. The van der Waals surface area contributed by atoms with Crippen LogP contribution in [-0.2, 0) is 11.3 Å². The Morgan fingerprint density at radius 1 is 0.903 bits per heavy atom. The van der Waals surface area contributed by atoms with E-state index in [0.717, 1.165) is 16.7 Å². The van der Waals surface area contributed by atoms with Gasteiger partial charge in [-0.3, -0.25) is 14.3 Å². The molecule has 6 nitrogen and oxygen atoms in total. The zero-order valence-corrected chi connectivity index (χ0v) is 18.1. The number of rotatable bonds is 5. The van der Waals surface area contributed by atoms with Gasteiger partial charge in [-0.05, 0) is 12.5 Å². The Labute approximate surface area is 183 Å². The first kappa shape index (κ1) is 20.8. The van der Waals surface area contributed by atoms with Crippen molar-refractivity contribution in [2.24, 2.45) is 0 Å².